The molecule has 0 atom stereocenters. The number of aromatic nitrogens is 6. The van der Waals surface area contributed by atoms with Crippen LogP contribution >= 0.6 is 7.92 Å². The molecule has 5 aromatic carbocycles. The first-order valence-electron chi connectivity index (χ1n) is 18.5. The minimum absolute atomic E-state index is 0. The average Bonchev–Trinajstić information content (AvgIpc) is 4.11. The minimum Gasteiger partial charge on any atom is -0.403 e. The normalized spacial score (nSPS) is 9.72. The standard InChI is InChI=1S/C18H15P.C13H11N.C9H10BN6.C4H10O.N3.Ru/c1-4-10-16(11-5-1)19(17-12-6-2-7-13-17)18-14-8-3-9-15-18;14-13(11-7-3-1-4-8-11)12-9-5-2-6-10-12;1-4-11-14(7-1)10(15-8-2-5-12-15)16-9-3-6-13-16;1-3-5-4-2;1-3-2;/h1-15H;1-10,14H;1-10H;3-4H2,1-2H3;;/q;;-1;;-1;+2/p+1. The topological polar surface area (TPSA) is 145 Å². The zero-order chi connectivity index (χ0) is 40.3. The Kier molecular flexibility index (Phi) is 21.8. The molecule has 11 nitrogen and oxygen atoms in total. The van der Waals surface area contributed by atoms with Crippen LogP contribution in [0.1, 0.15) is 25.0 Å². The molecule has 0 unspecified atom stereocenters. The molecule has 58 heavy (non-hydrogen) atoms. The molecule has 294 valence electrons. The summed E-state index contributed by atoms with van der Waals surface area (Å²) >= 11 is 0. The summed E-state index contributed by atoms with van der Waals surface area (Å²) in [7, 11) is -2.00. The Labute approximate surface area is 354 Å². The van der Waals surface area contributed by atoms with Gasteiger partial charge >= 0.3 is 26.6 Å². The van der Waals surface area contributed by atoms with Gasteiger partial charge < -0.3 is 29.6 Å². The third-order valence-corrected chi connectivity index (χ3v) is 11.0. The average molecular weight is 875 g/mol. The molecule has 0 bridgehead atoms. The Morgan fingerprint density at radius 3 is 1.03 bits per heavy atom. The maximum atomic E-state index is 7.97. The van der Waals surface area contributed by atoms with Crippen molar-refractivity contribution in [2.24, 2.45) is 0 Å². The smallest absolute Gasteiger partial charge is 0.403 e. The van der Waals surface area contributed by atoms with Gasteiger partial charge in [0.15, 0.2) is 0 Å². The predicted molar refractivity (Wildman–Crippen MR) is 238 cm³/mol. The second-order valence-corrected chi connectivity index (χ2v) is 14.5. The van der Waals surface area contributed by atoms with E-state index in [9.17, 15) is 0 Å². The van der Waals surface area contributed by atoms with Crippen molar-refractivity contribution in [2.45, 2.75) is 13.8 Å². The molecule has 0 saturated carbocycles. The van der Waals surface area contributed by atoms with Gasteiger partial charge in [-0.3, -0.25) is 10.3 Å². The Morgan fingerprint density at radius 1 is 0.534 bits per heavy atom. The van der Waals surface area contributed by atoms with Crippen molar-refractivity contribution in [3.05, 3.63) is 234 Å². The van der Waals surface area contributed by atoms with Gasteiger partial charge in [0.1, 0.15) is 15.9 Å². The Morgan fingerprint density at radius 2 is 0.810 bits per heavy atom. The van der Waals surface area contributed by atoms with Gasteiger partial charge in [-0.1, -0.05) is 115 Å². The van der Waals surface area contributed by atoms with Crippen LogP contribution in [0.5, 0.6) is 0 Å². The number of hydrogen-bond acceptors (Lipinski definition) is 5. The van der Waals surface area contributed by atoms with E-state index >= 15 is 0 Å². The second-order valence-electron chi connectivity index (χ2n) is 12.0. The molecular formula is C44H47BN10OPRu+. The summed E-state index contributed by atoms with van der Waals surface area (Å²) in [4.78, 5) is 1.50. The van der Waals surface area contributed by atoms with Crippen molar-refractivity contribution in [1.29, 1.82) is 5.41 Å². The number of hydrogen-bond donors (Lipinski definition) is 1. The molecule has 3 aromatic heterocycles. The van der Waals surface area contributed by atoms with Crippen LogP contribution in [-0.2, 0) is 24.2 Å². The predicted octanol–water partition coefficient (Wildman–Crippen LogP) is 8.12. The molecule has 0 aliphatic carbocycles. The number of nitrogens with one attached hydrogen (secondary N) is 1. The maximum Gasteiger partial charge on any atom is 2.00 e. The largest absolute Gasteiger partial charge is 2.00 e. The van der Waals surface area contributed by atoms with Crippen LogP contribution in [0.4, 0.5) is 0 Å². The first-order valence-corrected chi connectivity index (χ1v) is 20.0. The summed E-state index contributed by atoms with van der Waals surface area (Å²) in [5, 5.41) is 25.1. The molecule has 0 amide bonds. The van der Waals surface area contributed by atoms with Gasteiger partial charge in [-0.05, 0) is 98.2 Å². The second kappa shape index (κ2) is 27.4. The van der Waals surface area contributed by atoms with Crippen LogP contribution in [0, 0.1) is 5.41 Å². The van der Waals surface area contributed by atoms with Gasteiger partial charge in [-0.25, -0.2) is 15.3 Å². The van der Waals surface area contributed by atoms with Crippen LogP contribution in [0.3, 0.4) is 0 Å². The van der Waals surface area contributed by atoms with Crippen molar-refractivity contribution in [1.82, 2.24) is 29.1 Å². The fourth-order valence-electron chi connectivity index (χ4n) is 5.74. The zero-order valence-electron chi connectivity index (χ0n) is 32.5. The van der Waals surface area contributed by atoms with Gasteiger partial charge in [-0.15, -0.1) is 0 Å². The molecule has 8 aromatic rings. The Bertz CT molecular complexity index is 2010. The van der Waals surface area contributed by atoms with Gasteiger partial charge in [0, 0.05) is 31.8 Å². The summed E-state index contributed by atoms with van der Waals surface area (Å²) in [5.74, 6) is 0. The molecule has 8 rings (SSSR count). The number of ether oxygens (including phenoxy) is 1. The van der Waals surface area contributed by atoms with Crippen LogP contribution in [-0.4, -0.2) is 55.1 Å². The molecule has 0 fully saturated rings. The molecular weight excluding hydrogens is 827 g/mol. The van der Waals surface area contributed by atoms with E-state index < -0.39 is 15.0 Å². The summed E-state index contributed by atoms with van der Waals surface area (Å²) in [5.41, 5.74) is 16.0. The van der Waals surface area contributed by atoms with Crippen molar-refractivity contribution in [3.63, 3.8) is 0 Å². The van der Waals surface area contributed by atoms with E-state index in [0.29, 0.717) is 5.71 Å². The fourth-order valence-corrected chi connectivity index (χ4v) is 8.32. The summed E-state index contributed by atoms with van der Waals surface area (Å²) in [6.07, 6.45) is 11.0. The van der Waals surface area contributed by atoms with E-state index in [1.54, 1.807) is 18.6 Å². The molecule has 3 heterocycles. The monoisotopic (exact) mass is 875 g/mol. The minimum atomic E-state index is -1.12. The number of benzene rings is 5. The quantitative estimate of drug-likeness (QED) is 0.0370. The molecule has 0 aliphatic heterocycles. The Hall–Kier alpha value is -6.21. The van der Waals surface area contributed by atoms with E-state index in [1.807, 2.05) is 125 Å². The van der Waals surface area contributed by atoms with Crippen molar-refractivity contribution < 1.29 is 24.2 Å². The molecule has 0 spiro atoms. The van der Waals surface area contributed by atoms with Crippen molar-refractivity contribution >= 4 is 36.7 Å². The van der Waals surface area contributed by atoms with E-state index in [0.717, 1.165) is 24.3 Å². The first-order chi connectivity index (χ1) is 28.1. The fraction of sp³-hybridized carbons (Fsp3) is 0.0909. The third-order valence-electron chi connectivity index (χ3n) is 8.27. The van der Waals surface area contributed by atoms with Gasteiger partial charge in [0.2, 0.25) is 0 Å². The SMILES string of the molecule is CCOCC.N=C(c1ccccc1)c1ccccc1.[N-]=[N+]=[N-].[Ru+2].c1ccc([PH+](c2ccccc2)c2ccccc2)cc1.c1cnn([BH-](n2cccn2)n2cccn2)c1. The summed E-state index contributed by atoms with van der Waals surface area (Å²) in [6.45, 7) is 5.67. The summed E-state index contributed by atoms with van der Waals surface area (Å²) < 4.78 is 10.5. The number of rotatable bonds is 10. The molecule has 14 heteroatoms. The van der Waals surface area contributed by atoms with Gasteiger partial charge in [0.05, 0.1) is 13.6 Å². The van der Waals surface area contributed by atoms with Gasteiger partial charge in [0.25, 0.3) is 0 Å². The van der Waals surface area contributed by atoms with Crippen LogP contribution in [0.25, 0.3) is 16.0 Å². The molecule has 0 saturated heterocycles. The summed E-state index contributed by atoms with van der Waals surface area (Å²) in [6, 6.07) is 57.7. The zero-order valence-corrected chi connectivity index (χ0v) is 35.3. The van der Waals surface area contributed by atoms with E-state index in [1.165, 1.54) is 20.8 Å². The van der Waals surface area contributed by atoms with E-state index in [4.69, 9.17) is 21.2 Å². The van der Waals surface area contributed by atoms with Crippen LogP contribution in [0.15, 0.2) is 207 Å². The van der Waals surface area contributed by atoms with E-state index in [-0.39, 0.29) is 19.5 Å². The molecule has 0 aliphatic rings. The van der Waals surface area contributed by atoms with Crippen LogP contribution in [0.2, 0.25) is 0 Å². The third kappa shape index (κ3) is 15.0. The van der Waals surface area contributed by atoms with Gasteiger partial charge in [-0.2, -0.15) is 0 Å². The first kappa shape index (κ1) is 46.2. The maximum absolute atomic E-state index is 7.97. The Balaban J connectivity index is 0.000000213. The molecule has 1 N–H and O–H groups in total. The van der Waals surface area contributed by atoms with Crippen molar-refractivity contribution in [2.75, 3.05) is 13.2 Å². The molecule has 0 radical (unpaired) electrons. The van der Waals surface area contributed by atoms with Crippen molar-refractivity contribution in [3.8, 4) is 0 Å². The number of nitrogens with zero attached hydrogens (tertiary/aromatic N) is 9. The van der Waals surface area contributed by atoms with E-state index in [2.05, 4.69) is 106 Å². The van der Waals surface area contributed by atoms with Crippen LogP contribution < -0.4 is 15.9 Å².